The quantitative estimate of drug-likeness (QED) is 0.243. The molecule has 8 rings (SSSR count). The summed E-state index contributed by atoms with van der Waals surface area (Å²) in [7, 11) is 0. The van der Waals surface area contributed by atoms with Crippen molar-refractivity contribution in [2.45, 2.75) is 0 Å². The maximum Gasteiger partial charge on any atom is 0.137 e. The smallest absolute Gasteiger partial charge is 0.137 e. The zero-order valence-corrected chi connectivity index (χ0v) is 20.6. The van der Waals surface area contributed by atoms with E-state index < -0.39 is 0 Å². The molecule has 0 aliphatic heterocycles. The Morgan fingerprint density at radius 3 is 1.74 bits per heavy atom. The fourth-order valence-corrected chi connectivity index (χ4v) is 5.76. The molecule has 0 saturated carbocycles. The van der Waals surface area contributed by atoms with Gasteiger partial charge >= 0.3 is 0 Å². The van der Waals surface area contributed by atoms with E-state index >= 15 is 0 Å². The predicted molar refractivity (Wildman–Crippen MR) is 159 cm³/mol. The fourth-order valence-electron chi connectivity index (χ4n) is 5.76. The number of hydrogen-bond acceptors (Lipinski definition) is 1. The van der Waals surface area contributed by atoms with Crippen molar-refractivity contribution in [2.24, 2.45) is 0 Å². The largest absolute Gasteiger partial charge is 0.456 e. The molecule has 0 atom stereocenters. The summed E-state index contributed by atoms with van der Waals surface area (Å²) in [6.07, 6.45) is 0. The summed E-state index contributed by atoms with van der Waals surface area (Å²) in [6, 6.07) is 49.6. The van der Waals surface area contributed by atoms with Crippen LogP contribution in [0.1, 0.15) is 0 Å². The number of aromatic nitrogens is 1. The van der Waals surface area contributed by atoms with Gasteiger partial charge in [-0.15, -0.1) is 0 Å². The summed E-state index contributed by atoms with van der Waals surface area (Å²) in [5.41, 5.74) is 10.2. The van der Waals surface area contributed by atoms with Crippen LogP contribution in [0.5, 0.6) is 0 Å². The fraction of sp³-hybridized carbons (Fsp3) is 0. The second-order valence-corrected chi connectivity index (χ2v) is 9.81. The third kappa shape index (κ3) is 3.21. The van der Waals surface area contributed by atoms with Gasteiger partial charge in [0.05, 0.1) is 11.0 Å². The highest BCUT2D eigenvalue weighted by Gasteiger charge is 2.17. The van der Waals surface area contributed by atoms with Gasteiger partial charge in [-0.05, 0) is 58.7 Å². The van der Waals surface area contributed by atoms with Gasteiger partial charge in [0.15, 0.2) is 0 Å². The number of rotatable bonds is 3. The standard InChI is InChI=1S/C36H23NO/c1-3-9-24(10-4-1)26-15-18-28(19-16-26)37-33-20-17-27(25-11-5-2-6-12-25)21-30(33)31-22-32-29-13-7-8-14-35(29)38-36(32)23-34(31)37/h1-23H. The van der Waals surface area contributed by atoms with Crippen LogP contribution in [0.2, 0.25) is 0 Å². The summed E-state index contributed by atoms with van der Waals surface area (Å²) in [5.74, 6) is 0. The van der Waals surface area contributed by atoms with Gasteiger partial charge in [0.25, 0.3) is 0 Å². The lowest BCUT2D eigenvalue weighted by molar-refractivity contribution is 0.669. The van der Waals surface area contributed by atoms with Gasteiger partial charge in [0.1, 0.15) is 11.2 Å². The van der Waals surface area contributed by atoms with E-state index in [-0.39, 0.29) is 0 Å². The predicted octanol–water partition coefficient (Wildman–Crippen LogP) is 10.0. The van der Waals surface area contributed by atoms with Crippen LogP contribution in [0.4, 0.5) is 0 Å². The second-order valence-electron chi connectivity index (χ2n) is 9.81. The molecular formula is C36H23NO. The highest BCUT2D eigenvalue weighted by Crippen LogP contribution is 2.39. The molecule has 2 aromatic heterocycles. The monoisotopic (exact) mass is 485 g/mol. The van der Waals surface area contributed by atoms with Crippen molar-refractivity contribution >= 4 is 43.7 Å². The van der Waals surface area contributed by atoms with Gasteiger partial charge in [-0.3, -0.25) is 0 Å². The number of nitrogens with zero attached hydrogens (tertiary/aromatic N) is 1. The van der Waals surface area contributed by atoms with Crippen LogP contribution >= 0.6 is 0 Å². The number of furan rings is 1. The summed E-state index contributed by atoms with van der Waals surface area (Å²) >= 11 is 0. The molecule has 6 aromatic carbocycles. The van der Waals surface area contributed by atoms with E-state index in [4.69, 9.17) is 4.42 Å². The molecule has 38 heavy (non-hydrogen) atoms. The Hall–Kier alpha value is -5.08. The Morgan fingerprint density at radius 2 is 0.974 bits per heavy atom. The molecule has 0 unspecified atom stereocenters. The minimum absolute atomic E-state index is 0.909. The van der Waals surface area contributed by atoms with Crippen molar-refractivity contribution in [3.05, 3.63) is 140 Å². The van der Waals surface area contributed by atoms with Gasteiger partial charge in [-0.2, -0.15) is 0 Å². The molecule has 2 heterocycles. The molecule has 0 spiro atoms. The molecule has 0 fully saturated rings. The molecule has 0 N–H and O–H groups in total. The first-order valence-corrected chi connectivity index (χ1v) is 12.9. The number of benzene rings is 6. The molecule has 0 bridgehead atoms. The molecule has 2 nitrogen and oxygen atoms in total. The topological polar surface area (TPSA) is 18.1 Å². The average molecular weight is 486 g/mol. The zero-order chi connectivity index (χ0) is 25.1. The van der Waals surface area contributed by atoms with Crippen LogP contribution < -0.4 is 0 Å². The molecule has 0 radical (unpaired) electrons. The van der Waals surface area contributed by atoms with E-state index in [9.17, 15) is 0 Å². The molecule has 178 valence electrons. The van der Waals surface area contributed by atoms with Gasteiger partial charge in [0.2, 0.25) is 0 Å². The zero-order valence-electron chi connectivity index (χ0n) is 20.6. The molecular weight excluding hydrogens is 462 g/mol. The van der Waals surface area contributed by atoms with Gasteiger partial charge in [0, 0.05) is 33.3 Å². The molecule has 0 amide bonds. The Bertz CT molecular complexity index is 2100. The molecule has 2 heteroatoms. The van der Waals surface area contributed by atoms with Crippen molar-refractivity contribution in [2.75, 3.05) is 0 Å². The third-order valence-corrected chi connectivity index (χ3v) is 7.60. The lowest BCUT2D eigenvalue weighted by Crippen LogP contribution is -1.93. The van der Waals surface area contributed by atoms with E-state index in [1.165, 1.54) is 38.5 Å². The van der Waals surface area contributed by atoms with E-state index in [1.807, 2.05) is 12.1 Å². The average Bonchev–Trinajstić information content (AvgIpc) is 3.51. The van der Waals surface area contributed by atoms with E-state index in [0.717, 1.165) is 33.1 Å². The van der Waals surface area contributed by atoms with Gasteiger partial charge in [-0.25, -0.2) is 0 Å². The normalized spacial score (nSPS) is 11.7. The first-order valence-electron chi connectivity index (χ1n) is 12.9. The van der Waals surface area contributed by atoms with Crippen molar-refractivity contribution in [3.63, 3.8) is 0 Å². The first-order chi connectivity index (χ1) is 18.8. The molecule has 0 saturated heterocycles. The van der Waals surface area contributed by atoms with Crippen molar-refractivity contribution < 1.29 is 4.42 Å². The van der Waals surface area contributed by atoms with Crippen molar-refractivity contribution in [3.8, 4) is 27.9 Å². The van der Waals surface area contributed by atoms with Crippen LogP contribution in [0, 0.1) is 0 Å². The third-order valence-electron chi connectivity index (χ3n) is 7.60. The van der Waals surface area contributed by atoms with E-state index in [0.29, 0.717) is 0 Å². The van der Waals surface area contributed by atoms with Crippen molar-refractivity contribution in [1.82, 2.24) is 4.57 Å². The number of para-hydroxylation sites is 1. The summed E-state index contributed by atoms with van der Waals surface area (Å²) in [4.78, 5) is 0. The van der Waals surface area contributed by atoms with Gasteiger partial charge < -0.3 is 8.98 Å². The number of fused-ring (bicyclic) bond motifs is 6. The summed E-state index contributed by atoms with van der Waals surface area (Å²) < 4.78 is 8.67. The van der Waals surface area contributed by atoms with E-state index in [1.54, 1.807) is 0 Å². The minimum atomic E-state index is 0.909. The van der Waals surface area contributed by atoms with Crippen LogP contribution in [0.25, 0.3) is 71.7 Å². The number of hydrogen-bond donors (Lipinski definition) is 0. The Morgan fingerprint density at radius 1 is 0.368 bits per heavy atom. The van der Waals surface area contributed by atoms with Crippen LogP contribution in [-0.2, 0) is 0 Å². The highest BCUT2D eigenvalue weighted by atomic mass is 16.3. The lowest BCUT2D eigenvalue weighted by Gasteiger charge is -2.10. The maximum atomic E-state index is 6.30. The summed E-state index contributed by atoms with van der Waals surface area (Å²) in [5, 5.41) is 4.76. The Kier molecular flexibility index (Phi) is 4.55. The molecule has 8 aromatic rings. The van der Waals surface area contributed by atoms with Crippen LogP contribution in [0.15, 0.2) is 144 Å². The lowest BCUT2D eigenvalue weighted by atomic mass is 10.0. The highest BCUT2D eigenvalue weighted by molar-refractivity contribution is 6.17. The Balaban J connectivity index is 1.42. The van der Waals surface area contributed by atoms with Gasteiger partial charge in [-0.1, -0.05) is 97.1 Å². The Labute approximate surface area is 220 Å². The SMILES string of the molecule is c1ccc(-c2ccc(-n3c4ccc(-c5ccccc5)cc4c4cc5c(cc43)oc3ccccc35)cc2)cc1. The summed E-state index contributed by atoms with van der Waals surface area (Å²) in [6.45, 7) is 0. The van der Waals surface area contributed by atoms with Crippen molar-refractivity contribution in [1.29, 1.82) is 0 Å². The van der Waals surface area contributed by atoms with E-state index in [2.05, 4.69) is 132 Å². The molecule has 0 aliphatic rings. The minimum Gasteiger partial charge on any atom is -0.456 e. The molecule has 0 aliphatic carbocycles. The van der Waals surface area contributed by atoms with Crippen LogP contribution in [0.3, 0.4) is 0 Å². The first kappa shape index (κ1) is 21.0. The second kappa shape index (κ2) is 8.22. The maximum absolute atomic E-state index is 6.30. The van der Waals surface area contributed by atoms with Crippen LogP contribution in [-0.4, -0.2) is 4.57 Å².